The summed E-state index contributed by atoms with van der Waals surface area (Å²) in [4.78, 5) is 4.82. The fraction of sp³-hybridized carbons (Fsp3) is 0.381. The van der Waals surface area contributed by atoms with Crippen molar-refractivity contribution in [3.63, 3.8) is 0 Å². The lowest BCUT2D eigenvalue weighted by Gasteiger charge is -2.11. The first-order valence-electron chi connectivity index (χ1n) is 9.11. The normalized spacial score (nSPS) is 11.1. The number of ether oxygens (including phenoxy) is 1. The van der Waals surface area contributed by atoms with Gasteiger partial charge >= 0.3 is 0 Å². The van der Waals surface area contributed by atoms with Crippen molar-refractivity contribution >= 4 is 11.0 Å². The fourth-order valence-electron chi connectivity index (χ4n) is 3.06. The van der Waals surface area contributed by atoms with Gasteiger partial charge in [0.25, 0.3) is 0 Å². The Balaban J connectivity index is 1.68. The van der Waals surface area contributed by atoms with Gasteiger partial charge in [-0.3, -0.25) is 0 Å². The third-order valence-electron chi connectivity index (χ3n) is 4.44. The number of hydrogen-bond acceptors (Lipinski definition) is 3. The fourth-order valence-corrected chi connectivity index (χ4v) is 3.06. The maximum absolute atomic E-state index is 5.92. The number of fused-ring (bicyclic) bond motifs is 1. The van der Waals surface area contributed by atoms with Gasteiger partial charge in [0.2, 0.25) is 0 Å². The molecule has 4 heteroatoms. The Kier molecular flexibility index (Phi) is 6.07. The average molecular weight is 337 g/mol. The van der Waals surface area contributed by atoms with E-state index in [2.05, 4.69) is 41.8 Å². The number of aromatic nitrogens is 2. The van der Waals surface area contributed by atoms with Gasteiger partial charge in [-0.15, -0.1) is 0 Å². The number of imidazole rings is 1. The first-order valence-corrected chi connectivity index (χ1v) is 9.11. The summed E-state index contributed by atoms with van der Waals surface area (Å²) in [7, 11) is 0. The molecule has 0 amide bonds. The van der Waals surface area contributed by atoms with Crippen molar-refractivity contribution in [2.75, 3.05) is 13.2 Å². The van der Waals surface area contributed by atoms with Crippen molar-refractivity contribution in [1.82, 2.24) is 9.55 Å². The summed E-state index contributed by atoms with van der Waals surface area (Å²) in [6, 6.07) is 16.5. The Morgan fingerprint density at radius 1 is 1.00 bits per heavy atom. The van der Waals surface area contributed by atoms with Crippen LogP contribution in [0.25, 0.3) is 11.0 Å². The van der Waals surface area contributed by atoms with Crippen LogP contribution in [0.2, 0.25) is 0 Å². The molecule has 2 N–H and O–H groups in total. The van der Waals surface area contributed by atoms with Crippen LogP contribution >= 0.6 is 0 Å². The zero-order chi connectivity index (χ0) is 17.5. The van der Waals surface area contributed by atoms with Crippen molar-refractivity contribution in [2.45, 2.75) is 39.2 Å². The number of hydrogen-bond donors (Lipinski definition) is 1. The van der Waals surface area contributed by atoms with Crippen molar-refractivity contribution in [3.8, 4) is 5.75 Å². The van der Waals surface area contributed by atoms with Crippen LogP contribution in [0.3, 0.4) is 0 Å². The predicted molar refractivity (Wildman–Crippen MR) is 103 cm³/mol. The minimum absolute atomic E-state index is 0.638. The summed E-state index contributed by atoms with van der Waals surface area (Å²) in [6.45, 7) is 4.29. The molecule has 3 aromatic rings. The van der Waals surface area contributed by atoms with E-state index in [0.29, 0.717) is 6.61 Å². The quantitative estimate of drug-likeness (QED) is 0.598. The zero-order valence-corrected chi connectivity index (χ0v) is 14.9. The molecule has 0 atom stereocenters. The molecule has 0 aliphatic carbocycles. The third kappa shape index (κ3) is 4.60. The van der Waals surface area contributed by atoms with E-state index < -0.39 is 0 Å². The maximum atomic E-state index is 5.92. The van der Waals surface area contributed by atoms with Gasteiger partial charge in [-0.25, -0.2) is 4.98 Å². The average Bonchev–Trinajstić information content (AvgIpc) is 2.98. The van der Waals surface area contributed by atoms with Crippen molar-refractivity contribution in [2.24, 2.45) is 5.73 Å². The first kappa shape index (κ1) is 17.5. The molecule has 25 heavy (non-hydrogen) atoms. The number of nitrogens with two attached hydrogens (primary N) is 1. The molecule has 0 saturated heterocycles. The lowest BCUT2D eigenvalue weighted by Crippen LogP contribution is -2.11. The standard InChI is InChI=1S/C21H27N3O/c1-17-10-12-18(13-11-17)25-16-15-24-20-8-5-4-7-19(20)23-21(24)9-3-2-6-14-22/h4-5,7-8,10-13H,2-3,6,9,14-16,22H2,1H3. The molecule has 1 heterocycles. The number of unbranched alkanes of at least 4 members (excludes halogenated alkanes) is 2. The van der Waals surface area contributed by atoms with Crippen LogP contribution in [-0.2, 0) is 13.0 Å². The molecule has 1 aromatic heterocycles. The summed E-state index contributed by atoms with van der Waals surface area (Å²) in [5, 5.41) is 0. The molecule has 4 nitrogen and oxygen atoms in total. The van der Waals surface area contributed by atoms with Gasteiger partial charge in [-0.1, -0.05) is 36.2 Å². The summed E-state index contributed by atoms with van der Waals surface area (Å²) in [5.74, 6) is 2.06. The highest BCUT2D eigenvalue weighted by atomic mass is 16.5. The molecule has 0 unspecified atom stereocenters. The number of aryl methyl sites for hydroxylation is 2. The SMILES string of the molecule is Cc1ccc(OCCn2c(CCCCCN)nc3ccccc32)cc1. The van der Waals surface area contributed by atoms with E-state index >= 15 is 0 Å². The Bertz CT molecular complexity index is 793. The van der Waals surface area contributed by atoms with Crippen LogP contribution in [0, 0.1) is 6.92 Å². The maximum Gasteiger partial charge on any atom is 0.119 e. The summed E-state index contributed by atoms with van der Waals surface area (Å²) >= 11 is 0. The number of rotatable bonds is 9. The molecule has 3 rings (SSSR count). The molecule has 0 aliphatic heterocycles. The zero-order valence-electron chi connectivity index (χ0n) is 14.9. The monoisotopic (exact) mass is 337 g/mol. The predicted octanol–water partition coefficient (Wildman–Crippen LogP) is 4.10. The van der Waals surface area contributed by atoms with Gasteiger partial charge in [-0.05, 0) is 50.6 Å². The Morgan fingerprint density at radius 3 is 2.60 bits per heavy atom. The van der Waals surface area contributed by atoms with Crippen molar-refractivity contribution in [1.29, 1.82) is 0 Å². The largest absolute Gasteiger partial charge is 0.492 e. The molecular formula is C21H27N3O. The number of benzene rings is 2. The van der Waals surface area contributed by atoms with Crippen molar-refractivity contribution in [3.05, 3.63) is 59.9 Å². The summed E-state index contributed by atoms with van der Waals surface area (Å²) < 4.78 is 8.21. The minimum atomic E-state index is 0.638. The Hall–Kier alpha value is -2.33. The first-order chi connectivity index (χ1) is 12.3. The van der Waals surface area contributed by atoms with Gasteiger partial charge in [0.15, 0.2) is 0 Å². The molecule has 2 aromatic carbocycles. The van der Waals surface area contributed by atoms with E-state index in [-0.39, 0.29) is 0 Å². The number of para-hydroxylation sites is 2. The van der Waals surface area contributed by atoms with Crippen LogP contribution in [-0.4, -0.2) is 22.7 Å². The second-order valence-corrected chi connectivity index (χ2v) is 6.43. The molecule has 132 valence electrons. The van der Waals surface area contributed by atoms with Gasteiger partial charge in [0, 0.05) is 6.42 Å². The molecular weight excluding hydrogens is 310 g/mol. The van der Waals surface area contributed by atoms with Gasteiger partial charge in [-0.2, -0.15) is 0 Å². The van der Waals surface area contributed by atoms with Crippen LogP contribution in [0.15, 0.2) is 48.5 Å². The topological polar surface area (TPSA) is 53.1 Å². The highest BCUT2D eigenvalue weighted by Crippen LogP contribution is 2.18. The molecule has 0 aliphatic rings. The van der Waals surface area contributed by atoms with E-state index in [1.807, 2.05) is 18.2 Å². The van der Waals surface area contributed by atoms with E-state index in [0.717, 1.165) is 55.9 Å². The van der Waals surface area contributed by atoms with E-state index in [4.69, 9.17) is 15.5 Å². The van der Waals surface area contributed by atoms with Crippen LogP contribution < -0.4 is 10.5 Å². The molecule has 0 saturated carbocycles. The molecule has 0 radical (unpaired) electrons. The van der Waals surface area contributed by atoms with Crippen LogP contribution in [0.4, 0.5) is 0 Å². The second-order valence-electron chi connectivity index (χ2n) is 6.43. The minimum Gasteiger partial charge on any atom is -0.492 e. The van der Waals surface area contributed by atoms with Crippen molar-refractivity contribution < 1.29 is 4.74 Å². The van der Waals surface area contributed by atoms with Crippen LogP contribution in [0.1, 0.15) is 30.7 Å². The van der Waals surface area contributed by atoms with Gasteiger partial charge in [0.1, 0.15) is 18.2 Å². The second kappa shape index (κ2) is 8.67. The lowest BCUT2D eigenvalue weighted by molar-refractivity contribution is 0.298. The van der Waals surface area contributed by atoms with Gasteiger partial charge < -0.3 is 15.0 Å². The van der Waals surface area contributed by atoms with E-state index in [9.17, 15) is 0 Å². The molecule has 0 fully saturated rings. The third-order valence-corrected chi connectivity index (χ3v) is 4.44. The lowest BCUT2D eigenvalue weighted by atomic mass is 10.2. The van der Waals surface area contributed by atoms with E-state index in [1.54, 1.807) is 0 Å². The Labute approximate surface area is 149 Å². The number of nitrogens with zero attached hydrogens (tertiary/aromatic N) is 2. The molecule has 0 spiro atoms. The van der Waals surface area contributed by atoms with Gasteiger partial charge in [0.05, 0.1) is 17.6 Å². The summed E-state index contributed by atoms with van der Waals surface area (Å²) in [5.41, 5.74) is 9.08. The Morgan fingerprint density at radius 2 is 1.80 bits per heavy atom. The molecule has 0 bridgehead atoms. The highest BCUT2D eigenvalue weighted by molar-refractivity contribution is 5.75. The smallest absolute Gasteiger partial charge is 0.119 e. The van der Waals surface area contributed by atoms with Crippen LogP contribution in [0.5, 0.6) is 5.75 Å². The summed E-state index contributed by atoms with van der Waals surface area (Å²) in [6.07, 6.45) is 4.34. The highest BCUT2D eigenvalue weighted by Gasteiger charge is 2.10. The van der Waals surface area contributed by atoms with E-state index in [1.165, 1.54) is 11.1 Å².